The van der Waals surface area contributed by atoms with Gasteiger partial charge in [-0.25, -0.2) is 13.4 Å². The number of hydrogen-bond acceptors (Lipinski definition) is 5. The second kappa shape index (κ2) is 9.51. The number of sulfonamides is 1. The normalized spacial score (nSPS) is 19.4. The van der Waals surface area contributed by atoms with Gasteiger partial charge in [0.25, 0.3) is 10.0 Å². The Morgan fingerprint density at radius 1 is 1.12 bits per heavy atom. The number of carbonyl (C=O) groups excluding carboxylic acids is 1. The quantitative estimate of drug-likeness (QED) is 0.656. The van der Waals surface area contributed by atoms with Gasteiger partial charge in [-0.2, -0.15) is 4.31 Å². The number of aryl methyl sites for hydroxylation is 2. The van der Waals surface area contributed by atoms with E-state index in [9.17, 15) is 13.2 Å². The van der Waals surface area contributed by atoms with Crippen LogP contribution in [0.3, 0.4) is 0 Å². The number of halogens is 1. The largest absolute Gasteiger partial charge is 0.340 e. The molecular weight excluding hydrogens is 450 g/mol. The summed E-state index contributed by atoms with van der Waals surface area (Å²) in [5, 5.41) is 0.820. The molecule has 2 aliphatic rings. The molecule has 8 nitrogen and oxygen atoms in total. The molecule has 4 rings (SSSR count). The van der Waals surface area contributed by atoms with Crippen LogP contribution in [0.1, 0.15) is 24.2 Å². The number of amides is 1. The highest BCUT2D eigenvalue weighted by Gasteiger charge is 2.35. The topological polar surface area (TPSA) is 78.8 Å². The van der Waals surface area contributed by atoms with Crippen molar-refractivity contribution in [1.29, 1.82) is 0 Å². The second-order valence-corrected chi connectivity index (χ2v) is 11.0. The van der Waals surface area contributed by atoms with E-state index in [2.05, 4.69) is 16.0 Å². The number of imidazole rings is 1. The second-order valence-electron chi connectivity index (χ2n) is 8.65. The summed E-state index contributed by atoms with van der Waals surface area (Å²) in [4.78, 5) is 21.5. The van der Waals surface area contributed by atoms with Crippen LogP contribution in [0.2, 0.25) is 5.02 Å². The molecule has 0 atom stereocenters. The highest BCUT2D eigenvalue weighted by Crippen LogP contribution is 2.25. The fourth-order valence-corrected chi connectivity index (χ4v) is 6.11. The number of piperazine rings is 1. The molecule has 10 heteroatoms. The Labute approximate surface area is 194 Å². The van der Waals surface area contributed by atoms with Gasteiger partial charge in [0.2, 0.25) is 5.91 Å². The van der Waals surface area contributed by atoms with E-state index in [0.717, 1.165) is 24.7 Å². The SMILES string of the molecule is Cc1nc(S(=O)(=O)N2CCC(C(=O)N3CCN(Cc4cccc(Cl)c4)CC3)CC2)cn1C. The maximum absolute atomic E-state index is 13.0. The van der Waals surface area contributed by atoms with Gasteiger partial charge in [-0.05, 0) is 37.5 Å². The van der Waals surface area contributed by atoms with Crippen LogP contribution < -0.4 is 0 Å². The van der Waals surface area contributed by atoms with Gasteiger partial charge in [-0.1, -0.05) is 23.7 Å². The molecule has 2 saturated heterocycles. The van der Waals surface area contributed by atoms with Crippen LogP contribution in [-0.2, 0) is 28.4 Å². The van der Waals surface area contributed by atoms with Crippen molar-refractivity contribution in [3.8, 4) is 0 Å². The molecule has 0 bridgehead atoms. The minimum absolute atomic E-state index is 0.0816. The Bertz CT molecular complexity index is 1050. The van der Waals surface area contributed by atoms with E-state index < -0.39 is 10.0 Å². The number of hydrogen-bond donors (Lipinski definition) is 0. The fourth-order valence-electron chi connectivity index (χ4n) is 4.40. The zero-order chi connectivity index (χ0) is 22.9. The van der Waals surface area contributed by atoms with Crippen LogP contribution in [-0.4, -0.2) is 77.2 Å². The third kappa shape index (κ3) is 5.01. The Morgan fingerprint density at radius 2 is 1.81 bits per heavy atom. The van der Waals surface area contributed by atoms with Gasteiger partial charge < -0.3 is 9.47 Å². The average Bonchev–Trinajstić information content (AvgIpc) is 3.13. The number of benzene rings is 1. The number of carbonyl (C=O) groups is 1. The van der Waals surface area contributed by atoms with E-state index >= 15 is 0 Å². The van der Waals surface area contributed by atoms with E-state index in [-0.39, 0.29) is 16.9 Å². The monoisotopic (exact) mass is 479 g/mol. The fraction of sp³-hybridized carbons (Fsp3) is 0.545. The summed E-state index contributed by atoms with van der Waals surface area (Å²) in [6.45, 7) is 6.35. The van der Waals surface area contributed by atoms with Gasteiger partial charge >= 0.3 is 0 Å². The minimum atomic E-state index is -3.62. The Balaban J connectivity index is 1.27. The predicted octanol–water partition coefficient (Wildman–Crippen LogP) is 2.13. The summed E-state index contributed by atoms with van der Waals surface area (Å²) in [7, 11) is -1.84. The standard InChI is InChI=1S/C22H30ClN5O3S/c1-17-24-21(16-25(17)2)32(30,31)28-8-6-19(7-9-28)22(29)27-12-10-26(11-13-27)15-18-4-3-5-20(23)14-18/h3-5,14,16,19H,6-13,15H2,1-2H3. The molecule has 0 aliphatic carbocycles. The molecular formula is C22H30ClN5O3S. The molecule has 1 aromatic heterocycles. The molecule has 0 saturated carbocycles. The lowest BCUT2D eigenvalue weighted by molar-refractivity contribution is -0.138. The van der Waals surface area contributed by atoms with Crippen molar-refractivity contribution in [1.82, 2.24) is 23.7 Å². The highest BCUT2D eigenvalue weighted by atomic mass is 35.5. The number of piperidine rings is 1. The zero-order valence-electron chi connectivity index (χ0n) is 18.6. The number of rotatable bonds is 5. The summed E-state index contributed by atoms with van der Waals surface area (Å²) in [5.41, 5.74) is 1.17. The van der Waals surface area contributed by atoms with Gasteiger partial charge in [0.05, 0.1) is 0 Å². The van der Waals surface area contributed by atoms with Gasteiger partial charge in [-0.3, -0.25) is 9.69 Å². The lowest BCUT2D eigenvalue weighted by Gasteiger charge is -2.38. The highest BCUT2D eigenvalue weighted by molar-refractivity contribution is 7.89. The van der Waals surface area contributed by atoms with Crippen LogP contribution in [0, 0.1) is 12.8 Å². The minimum Gasteiger partial charge on any atom is -0.340 e. The number of aromatic nitrogens is 2. The molecule has 0 spiro atoms. The predicted molar refractivity (Wildman–Crippen MR) is 123 cm³/mol. The maximum atomic E-state index is 13.0. The van der Waals surface area contributed by atoms with Crippen LogP contribution in [0.15, 0.2) is 35.5 Å². The third-order valence-corrected chi connectivity index (χ3v) is 8.48. The third-order valence-electron chi connectivity index (χ3n) is 6.47. The molecule has 0 radical (unpaired) electrons. The van der Waals surface area contributed by atoms with Gasteiger partial charge in [0, 0.05) is 70.0 Å². The summed E-state index contributed by atoms with van der Waals surface area (Å²) in [6, 6.07) is 7.87. The van der Waals surface area contributed by atoms with E-state index in [4.69, 9.17) is 11.6 Å². The van der Waals surface area contributed by atoms with Crippen LogP contribution in [0.4, 0.5) is 0 Å². The summed E-state index contributed by atoms with van der Waals surface area (Å²) >= 11 is 6.08. The van der Waals surface area contributed by atoms with Crippen molar-refractivity contribution in [2.75, 3.05) is 39.3 Å². The molecule has 1 aromatic carbocycles. The lowest BCUT2D eigenvalue weighted by Crippen LogP contribution is -2.51. The van der Waals surface area contributed by atoms with Crippen LogP contribution in [0.25, 0.3) is 0 Å². The lowest BCUT2D eigenvalue weighted by atomic mass is 9.96. The Kier molecular flexibility index (Phi) is 6.90. The molecule has 0 unspecified atom stereocenters. The summed E-state index contributed by atoms with van der Waals surface area (Å²) < 4.78 is 28.9. The molecule has 2 fully saturated rings. The summed E-state index contributed by atoms with van der Waals surface area (Å²) in [6.07, 6.45) is 2.64. The van der Waals surface area contributed by atoms with Gasteiger partial charge in [0.15, 0.2) is 5.03 Å². The van der Waals surface area contributed by atoms with E-state index in [1.807, 2.05) is 23.1 Å². The molecule has 2 aromatic rings. The van der Waals surface area contributed by atoms with Crippen LogP contribution >= 0.6 is 11.6 Å². The van der Waals surface area contributed by atoms with Crippen molar-refractivity contribution in [2.24, 2.45) is 13.0 Å². The first-order chi connectivity index (χ1) is 15.2. The van der Waals surface area contributed by atoms with Gasteiger partial charge in [0.1, 0.15) is 5.82 Å². The van der Waals surface area contributed by atoms with E-state index in [1.165, 1.54) is 9.87 Å². The molecule has 0 N–H and O–H groups in total. The molecule has 1 amide bonds. The average molecular weight is 480 g/mol. The molecule has 174 valence electrons. The first-order valence-corrected chi connectivity index (χ1v) is 12.8. The maximum Gasteiger partial charge on any atom is 0.262 e. The van der Waals surface area contributed by atoms with E-state index in [1.54, 1.807) is 24.7 Å². The van der Waals surface area contributed by atoms with E-state index in [0.29, 0.717) is 44.8 Å². The summed E-state index contributed by atoms with van der Waals surface area (Å²) in [5.74, 6) is 0.688. The van der Waals surface area contributed by atoms with Crippen molar-refractivity contribution in [2.45, 2.75) is 31.3 Å². The van der Waals surface area contributed by atoms with Crippen LogP contribution in [0.5, 0.6) is 0 Å². The molecule has 2 aliphatic heterocycles. The van der Waals surface area contributed by atoms with Crippen molar-refractivity contribution in [3.05, 3.63) is 46.9 Å². The van der Waals surface area contributed by atoms with Crippen molar-refractivity contribution in [3.63, 3.8) is 0 Å². The van der Waals surface area contributed by atoms with Crippen molar-refractivity contribution >= 4 is 27.5 Å². The Hall–Kier alpha value is -1.94. The number of nitrogens with zero attached hydrogens (tertiary/aromatic N) is 5. The first kappa shape index (κ1) is 23.2. The molecule has 3 heterocycles. The first-order valence-electron chi connectivity index (χ1n) is 11.0. The zero-order valence-corrected chi connectivity index (χ0v) is 20.1. The van der Waals surface area contributed by atoms with Crippen molar-refractivity contribution < 1.29 is 13.2 Å². The smallest absolute Gasteiger partial charge is 0.262 e. The Morgan fingerprint density at radius 3 is 2.41 bits per heavy atom. The molecule has 32 heavy (non-hydrogen) atoms. The van der Waals surface area contributed by atoms with Gasteiger partial charge in [-0.15, -0.1) is 0 Å².